The molecule has 1 unspecified atom stereocenters. The first-order chi connectivity index (χ1) is 18.6. The average molecular weight is 561 g/mol. The van der Waals surface area contributed by atoms with Crippen LogP contribution in [0.2, 0.25) is 5.02 Å². The highest BCUT2D eigenvalue weighted by Gasteiger charge is 2.40. The van der Waals surface area contributed by atoms with Crippen LogP contribution in [-0.4, -0.2) is 30.8 Å². The molecule has 0 N–H and O–H groups in total. The van der Waals surface area contributed by atoms with Crippen LogP contribution in [0.4, 0.5) is 4.39 Å². The molecule has 2 aromatic rings. The van der Waals surface area contributed by atoms with Gasteiger partial charge in [-0.1, -0.05) is 63.4 Å². The summed E-state index contributed by atoms with van der Waals surface area (Å²) in [7, 11) is 0. The van der Waals surface area contributed by atoms with E-state index in [1.807, 2.05) is 27.7 Å². The van der Waals surface area contributed by atoms with Crippen molar-refractivity contribution < 1.29 is 32.9 Å². The second kappa shape index (κ2) is 13.3. The van der Waals surface area contributed by atoms with E-state index < -0.39 is 23.0 Å². The third-order valence-corrected chi connectivity index (χ3v) is 6.68. The van der Waals surface area contributed by atoms with Crippen LogP contribution < -0.4 is 18.9 Å². The first kappa shape index (κ1) is 30.5. The molecule has 212 valence electrons. The van der Waals surface area contributed by atoms with E-state index in [1.165, 1.54) is 12.2 Å². The minimum Gasteiger partial charge on any atom is -0.486 e. The number of hydrogen-bond donors (Lipinski definition) is 0. The number of rotatable bonds is 13. The van der Waals surface area contributed by atoms with Crippen LogP contribution in [0.15, 0.2) is 42.5 Å². The Kier molecular flexibility index (Phi) is 10.4. The summed E-state index contributed by atoms with van der Waals surface area (Å²) in [6.45, 7) is 10.1. The van der Waals surface area contributed by atoms with Gasteiger partial charge in [-0.05, 0) is 57.4 Å². The first-order valence-electron chi connectivity index (χ1n) is 13.6. The second-order valence-electron chi connectivity index (χ2n) is 10.3. The van der Waals surface area contributed by atoms with E-state index in [-0.39, 0.29) is 42.6 Å². The minimum atomic E-state index is -2.34. The number of esters is 2. The summed E-state index contributed by atoms with van der Waals surface area (Å²) in [6.07, 6.45) is 9.44. The van der Waals surface area contributed by atoms with E-state index in [9.17, 15) is 9.59 Å². The molecule has 39 heavy (non-hydrogen) atoms. The summed E-state index contributed by atoms with van der Waals surface area (Å²) in [5.41, 5.74) is -3.10. The number of allylic oxidation sites excluding steroid dienone is 3. The molecule has 2 aromatic carbocycles. The molecule has 0 heterocycles. The van der Waals surface area contributed by atoms with Gasteiger partial charge in [-0.3, -0.25) is 4.79 Å². The van der Waals surface area contributed by atoms with Crippen LogP contribution in [0.3, 0.4) is 0 Å². The highest BCUT2D eigenvalue weighted by atomic mass is 35.5. The molecule has 6 nitrogen and oxygen atoms in total. The smallest absolute Gasteiger partial charge is 0.353 e. The molecule has 0 radical (unpaired) electrons. The maximum Gasteiger partial charge on any atom is 0.353 e. The molecular formula is C31H38ClFO6. The molecule has 0 aliphatic heterocycles. The number of alkyl halides is 1. The molecule has 3 rings (SSSR count). The van der Waals surface area contributed by atoms with Crippen molar-refractivity contribution in [2.75, 3.05) is 13.2 Å². The predicted octanol–water partition coefficient (Wildman–Crippen LogP) is 8.32. The third-order valence-electron chi connectivity index (χ3n) is 6.45. The lowest BCUT2D eigenvalue weighted by Gasteiger charge is -2.26. The number of halogens is 2. The largest absolute Gasteiger partial charge is 0.486 e. The van der Waals surface area contributed by atoms with Gasteiger partial charge in [0.25, 0.3) is 0 Å². The highest BCUT2D eigenvalue weighted by molar-refractivity contribution is 6.31. The Labute approximate surface area is 235 Å². The predicted molar refractivity (Wildman–Crippen MR) is 152 cm³/mol. The van der Waals surface area contributed by atoms with Crippen LogP contribution in [0.25, 0.3) is 10.8 Å². The Bertz CT molecular complexity index is 1250. The quantitative estimate of drug-likeness (QED) is 0.181. The van der Waals surface area contributed by atoms with E-state index in [0.29, 0.717) is 35.1 Å². The van der Waals surface area contributed by atoms with Crippen molar-refractivity contribution in [3.05, 3.63) is 47.5 Å². The Morgan fingerprint density at radius 2 is 1.56 bits per heavy atom. The summed E-state index contributed by atoms with van der Waals surface area (Å²) < 4.78 is 39.5. The van der Waals surface area contributed by atoms with Crippen molar-refractivity contribution in [1.82, 2.24) is 0 Å². The van der Waals surface area contributed by atoms with Gasteiger partial charge in [-0.2, -0.15) is 0 Å². The summed E-state index contributed by atoms with van der Waals surface area (Å²) in [4.78, 5) is 26.6. The number of carbonyl (C=O) groups is 2. The summed E-state index contributed by atoms with van der Waals surface area (Å²) >= 11 is 6.37. The third kappa shape index (κ3) is 7.13. The lowest BCUT2D eigenvalue weighted by atomic mass is 9.87. The summed E-state index contributed by atoms with van der Waals surface area (Å²) in [5.74, 6) is -1.25. The Morgan fingerprint density at radius 3 is 2.13 bits per heavy atom. The highest BCUT2D eigenvalue weighted by Crippen LogP contribution is 2.53. The standard InChI is InChI=1S/C31H38ClFO6/c1-6-9-15-30(4,5)28(34)38-25-23-20-21(32)13-14-22(23)24(26(36-18-7-2)27(25)37-19-8-3)39-29(35)31(33)16-11-10-12-17-31/h10-14,16,20H,6-9,15,17-19H2,1-5H3. The van der Waals surface area contributed by atoms with Gasteiger partial charge in [0.2, 0.25) is 17.2 Å². The van der Waals surface area contributed by atoms with Gasteiger partial charge in [-0.15, -0.1) is 0 Å². The number of hydrogen-bond acceptors (Lipinski definition) is 6. The molecule has 0 bridgehead atoms. The minimum absolute atomic E-state index is 0.0174. The molecule has 1 atom stereocenters. The van der Waals surface area contributed by atoms with Gasteiger partial charge < -0.3 is 18.9 Å². The molecule has 1 aliphatic rings. The fraction of sp³-hybridized carbons (Fsp3) is 0.484. The molecule has 0 saturated carbocycles. The number of ether oxygens (including phenoxy) is 4. The molecule has 0 spiro atoms. The van der Waals surface area contributed by atoms with E-state index in [2.05, 4.69) is 6.92 Å². The van der Waals surface area contributed by atoms with E-state index >= 15 is 4.39 Å². The Morgan fingerprint density at radius 1 is 0.923 bits per heavy atom. The van der Waals surface area contributed by atoms with Gasteiger partial charge in [0.1, 0.15) is 0 Å². The van der Waals surface area contributed by atoms with Crippen molar-refractivity contribution in [3.63, 3.8) is 0 Å². The lowest BCUT2D eigenvalue weighted by Crippen LogP contribution is -2.36. The molecule has 0 aromatic heterocycles. The first-order valence-corrected chi connectivity index (χ1v) is 14.0. The van der Waals surface area contributed by atoms with Gasteiger partial charge >= 0.3 is 11.9 Å². The van der Waals surface area contributed by atoms with Crippen molar-refractivity contribution >= 4 is 34.3 Å². The zero-order chi connectivity index (χ0) is 28.6. The zero-order valence-corrected chi connectivity index (χ0v) is 24.2. The topological polar surface area (TPSA) is 71.1 Å². The van der Waals surface area contributed by atoms with Crippen molar-refractivity contribution in [2.45, 2.75) is 78.8 Å². The lowest BCUT2D eigenvalue weighted by molar-refractivity contribution is -0.145. The van der Waals surface area contributed by atoms with Gasteiger partial charge in [0, 0.05) is 22.2 Å². The number of unbranched alkanes of at least 4 members (excludes halogenated alkanes) is 1. The van der Waals surface area contributed by atoms with E-state index in [4.69, 9.17) is 30.5 Å². The van der Waals surface area contributed by atoms with Crippen LogP contribution in [-0.2, 0) is 9.59 Å². The van der Waals surface area contributed by atoms with Gasteiger partial charge in [0.05, 0.1) is 18.6 Å². The van der Waals surface area contributed by atoms with Crippen molar-refractivity contribution in [3.8, 4) is 23.0 Å². The molecule has 0 amide bonds. The van der Waals surface area contributed by atoms with Crippen LogP contribution >= 0.6 is 11.6 Å². The van der Waals surface area contributed by atoms with Crippen LogP contribution in [0, 0.1) is 5.41 Å². The molecule has 0 saturated heterocycles. The molecule has 8 heteroatoms. The molecule has 1 aliphatic carbocycles. The van der Waals surface area contributed by atoms with Crippen LogP contribution in [0.1, 0.15) is 73.1 Å². The zero-order valence-electron chi connectivity index (χ0n) is 23.4. The normalized spacial score (nSPS) is 16.8. The molecular weight excluding hydrogens is 523 g/mol. The second-order valence-corrected chi connectivity index (χ2v) is 10.8. The van der Waals surface area contributed by atoms with E-state index in [0.717, 1.165) is 12.8 Å². The number of fused-ring (bicyclic) bond motifs is 1. The Hall–Kier alpha value is -3.06. The van der Waals surface area contributed by atoms with Gasteiger partial charge in [-0.25, -0.2) is 9.18 Å². The Balaban J connectivity index is 2.24. The number of benzene rings is 2. The summed E-state index contributed by atoms with van der Waals surface area (Å²) in [5, 5.41) is 1.12. The molecule has 0 fully saturated rings. The average Bonchev–Trinajstić information content (AvgIpc) is 2.91. The maximum atomic E-state index is 15.5. The van der Waals surface area contributed by atoms with Crippen molar-refractivity contribution in [2.24, 2.45) is 5.41 Å². The maximum absolute atomic E-state index is 15.5. The van der Waals surface area contributed by atoms with Crippen LogP contribution in [0.5, 0.6) is 23.0 Å². The number of carbonyl (C=O) groups excluding carboxylic acids is 2. The summed E-state index contributed by atoms with van der Waals surface area (Å²) in [6, 6.07) is 4.85. The van der Waals surface area contributed by atoms with E-state index in [1.54, 1.807) is 30.4 Å². The fourth-order valence-electron chi connectivity index (χ4n) is 4.10. The monoisotopic (exact) mass is 560 g/mol. The van der Waals surface area contributed by atoms with Crippen molar-refractivity contribution in [1.29, 1.82) is 0 Å². The SMILES string of the molecule is CCCCC(C)(C)C(=O)Oc1c(OCCC)c(OCCC)c(OC(=O)C2(F)C=CC=CC2)c2ccc(Cl)cc12. The van der Waals surface area contributed by atoms with Gasteiger partial charge in [0.15, 0.2) is 11.5 Å². The fourth-order valence-corrected chi connectivity index (χ4v) is 4.27.